The summed E-state index contributed by atoms with van der Waals surface area (Å²) in [4.78, 5) is 22.9. The van der Waals surface area contributed by atoms with Crippen molar-refractivity contribution in [3.63, 3.8) is 0 Å². The zero-order valence-corrected chi connectivity index (χ0v) is 10.5. The van der Waals surface area contributed by atoms with Crippen LogP contribution in [0.4, 0.5) is 0 Å². The van der Waals surface area contributed by atoms with E-state index in [1.54, 1.807) is 36.0 Å². The van der Waals surface area contributed by atoms with Crippen LogP contribution in [0.15, 0.2) is 24.3 Å². The number of ether oxygens (including phenoxy) is 1. The lowest BCUT2D eigenvalue weighted by atomic mass is 10.1. The summed E-state index contributed by atoms with van der Waals surface area (Å²) in [5.41, 5.74) is 1.12. The van der Waals surface area contributed by atoms with Gasteiger partial charge in [0, 0.05) is 11.3 Å². The highest BCUT2D eigenvalue weighted by molar-refractivity contribution is 7.99. The highest BCUT2D eigenvalue weighted by Gasteiger charge is 2.20. The maximum Gasteiger partial charge on any atom is 0.338 e. The molecule has 1 aliphatic heterocycles. The standard InChI is InChI=1S/C13H14O3S/c1-9(14)10-2-4-11(5-3-10)13(15)16-12-6-7-17-8-12/h2-5,12H,6-8H2,1H3. The average Bonchev–Trinajstić information content (AvgIpc) is 2.82. The molecule has 4 heteroatoms. The Morgan fingerprint density at radius 3 is 2.41 bits per heavy atom. The summed E-state index contributed by atoms with van der Waals surface area (Å²) in [7, 11) is 0. The Labute approximate surface area is 105 Å². The molecule has 0 N–H and O–H groups in total. The molecule has 0 saturated carbocycles. The molecular weight excluding hydrogens is 236 g/mol. The minimum atomic E-state index is -0.299. The van der Waals surface area contributed by atoms with E-state index in [-0.39, 0.29) is 17.9 Å². The lowest BCUT2D eigenvalue weighted by molar-refractivity contribution is 0.0356. The largest absolute Gasteiger partial charge is 0.458 e. The number of thioether (sulfide) groups is 1. The first kappa shape index (κ1) is 12.2. The van der Waals surface area contributed by atoms with Gasteiger partial charge in [0.25, 0.3) is 0 Å². The average molecular weight is 250 g/mol. The Morgan fingerprint density at radius 1 is 1.24 bits per heavy atom. The van der Waals surface area contributed by atoms with Gasteiger partial charge in [-0.15, -0.1) is 0 Å². The van der Waals surface area contributed by atoms with E-state index in [1.807, 2.05) is 0 Å². The van der Waals surface area contributed by atoms with E-state index in [0.717, 1.165) is 17.9 Å². The molecule has 1 atom stereocenters. The molecule has 0 amide bonds. The Bertz CT molecular complexity index is 419. The van der Waals surface area contributed by atoms with Crippen LogP contribution in [0.25, 0.3) is 0 Å². The van der Waals surface area contributed by atoms with Gasteiger partial charge < -0.3 is 4.74 Å². The molecule has 0 aromatic heterocycles. The molecule has 1 aromatic rings. The maximum absolute atomic E-state index is 11.8. The summed E-state index contributed by atoms with van der Waals surface area (Å²) in [6.07, 6.45) is 0.974. The second-order valence-electron chi connectivity index (χ2n) is 4.02. The molecule has 1 aliphatic rings. The molecule has 1 fully saturated rings. The first-order valence-corrected chi connectivity index (χ1v) is 6.72. The van der Waals surface area contributed by atoms with Crippen LogP contribution in [0.2, 0.25) is 0 Å². The van der Waals surface area contributed by atoms with Gasteiger partial charge in [-0.1, -0.05) is 12.1 Å². The third kappa shape index (κ3) is 3.09. The fraction of sp³-hybridized carbons (Fsp3) is 0.385. The van der Waals surface area contributed by atoms with E-state index in [9.17, 15) is 9.59 Å². The molecule has 0 aliphatic carbocycles. The van der Waals surface area contributed by atoms with Gasteiger partial charge in [-0.25, -0.2) is 4.79 Å². The molecule has 0 bridgehead atoms. The maximum atomic E-state index is 11.8. The van der Waals surface area contributed by atoms with Crippen molar-refractivity contribution in [2.45, 2.75) is 19.4 Å². The molecule has 1 heterocycles. The fourth-order valence-corrected chi connectivity index (χ4v) is 2.76. The van der Waals surface area contributed by atoms with Gasteiger partial charge in [0.2, 0.25) is 0 Å². The van der Waals surface area contributed by atoms with Crippen molar-refractivity contribution in [1.82, 2.24) is 0 Å². The van der Waals surface area contributed by atoms with Crippen molar-refractivity contribution in [3.8, 4) is 0 Å². The van der Waals surface area contributed by atoms with E-state index < -0.39 is 0 Å². The molecule has 0 spiro atoms. The van der Waals surface area contributed by atoms with Crippen molar-refractivity contribution >= 4 is 23.5 Å². The lowest BCUT2D eigenvalue weighted by Crippen LogP contribution is -2.17. The minimum absolute atomic E-state index is 0.00268. The van der Waals surface area contributed by atoms with Gasteiger partial charge in [0.05, 0.1) is 5.56 Å². The number of rotatable bonds is 3. The second kappa shape index (κ2) is 5.36. The van der Waals surface area contributed by atoms with Crippen molar-refractivity contribution in [2.75, 3.05) is 11.5 Å². The monoisotopic (exact) mass is 250 g/mol. The topological polar surface area (TPSA) is 43.4 Å². The van der Waals surface area contributed by atoms with Crippen molar-refractivity contribution < 1.29 is 14.3 Å². The summed E-state index contributed by atoms with van der Waals surface area (Å²) in [6.45, 7) is 1.50. The molecule has 1 aromatic carbocycles. The van der Waals surface area contributed by atoms with Crippen LogP contribution in [0.3, 0.4) is 0 Å². The summed E-state index contributed by atoms with van der Waals surface area (Å²) in [5, 5.41) is 0. The number of benzene rings is 1. The third-order valence-corrected chi connectivity index (χ3v) is 3.82. The normalized spacial score (nSPS) is 19.0. The van der Waals surface area contributed by atoms with Gasteiger partial charge in [-0.2, -0.15) is 11.8 Å². The van der Waals surface area contributed by atoms with E-state index >= 15 is 0 Å². The quantitative estimate of drug-likeness (QED) is 0.611. The molecule has 0 radical (unpaired) electrons. The van der Waals surface area contributed by atoms with Crippen LogP contribution in [0.5, 0.6) is 0 Å². The Balaban J connectivity index is 2.01. The van der Waals surface area contributed by atoms with Crippen LogP contribution in [0, 0.1) is 0 Å². The van der Waals surface area contributed by atoms with Crippen LogP contribution in [-0.4, -0.2) is 29.4 Å². The van der Waals surface area contributed by atoms with Gasteiger partial charge in [-0.05, 0) is 31.2 Å². The van der Waals surface area contributed by atoms with Crippen LogP contribution >= 0.6 is 11.8 Å². The SMILES string of the molecule is CC(=O)c1ccc(C(=O)OC2CCSC2)cc1. The van der Waals surface area contributed by atoms with Gasteiger partial charge in [0.15, 0.2) is 5.78 Å². The summed E-state index contributed by atoms with van der Waals surface area (Å²) < 4.78 is 5.35. The van der Waals surface area contributed by atoms with E-state index in [1.165, 1.54) is 6.92 Å². The zero-order chi connectivity index (χ0) is 12.3. The number of esters is 1. The van der Waals surface area contributed by atoms with Crippen molar-refractivity contribution in [2.24, 2.45) is 0 Å². The van der Waals surface area contributed by atoms with Crippen molar-refractivity contribution in [1.29, 1.82) is 0 Å². The molecule has 90 valence electrons. The summed E-state index contributed by atoms with van der Waals surface area (Å²) in [6, 6.07) is 6.59. The van der Waals surface area contributed by atoms with E-state index in [0.29, 0.717) is 11.1 Å². The van der Waals surface area contributed by atoms with Gasteiger partial charge in [-0.3, -0.25) is 4.79 Å². The Hall–Kier alpha value is -1.29. The van der Waals surface area contributed by atoms with Crippen LogP contribution in [0.1, 0.15) is 34.1 Å². The third-order valence-electron chi connectivity index (χ3n) is 2.69. The first-order valence-electron chi connectivity index (χ1n) is 5.56. The van der Waals surface area contributed by atoms with Gasteiger partial charge >= 0.3 is 5.97 Å². The summed E-state index contributed by atoms with van der Waals surface area (Å²) in [5.74, 6) is 1.64. The Kier molecular flexibility index (Phi) is 3.84. The van der Waals surface area contributed by atoms with Crippen LogP contribution in [-0.2, 0) is 4.74 Å². The highest BCUT2D eigenvalue weighted by Crippen LogP contribution is 2.21. The zero-order valence-electron chi connectivity index (χ0n) is 9.64. The number of carbonyl (C=O) groups is 2. The molecule has 17 heavy (non-hydrogen) atoms. The second-order valence-corrected chi connectivity index (χ2v) is 5.17. The predicted octanol–water partition coefficient (Wildman–Crippen LogP) is 2.55. The van der Waals surface area contributed by atoms with Gasteiger partial charge in [0.1, 0.15) is 6.10 Å². The number of Topliss-reactive ketones (excluding diaryl/α,β-unsaturated/α-hetero) is 1. The van der Waals surface area contributed by atoms with E-state index in [2.05, 4.69) is 0 Å². The minimum Gasteiger partial charge on any atom is -0.458 e. The molecule has 3 nitrogen and oxygen atoms in total. The van der Waals surface area contributed by atoms with E-state index in [4.69, 9.17) is 4.74 Å². The molecule has 1 saturated heterocycles. The fourth-order valence-electron chi connectivity index (χ4n) is 1.67. The number of hydrogen-bond acceptors (Lipinski definition) is 4. The predicted molar refractivity (Wildman–Crippen MR) is 67.6 cm³/mol. The van der Waals surface area contributed by atoms with Crippen LogP contribution < -0.4 is 0 Å². The molecular formula is C13H14O3S. The summed E-state index contributed by atoms with van der Waals surface area (Å²) >= 11 is 1.80. The number of carbonyl (C=O) groups excluding carboxylic acids is 2. The molecule has 1 unspecified atom stereocenters. The highest BCUT2D eigenvalue weighted by atomic mass is 32.2. The first-order chi connectivity index (χ1) is 8.16. The molecule has 2 rings (SSSR count). The lowest BCUT2D eigenvalue weighted by Gasteiger charge is -2.10. The van der Waals surface area contributed by atoms with Crippen molar-refractivity contribution in [3.05, 3.63) is 35.4 Å². The Morgan fingerprint density at radius 2 is 1.88 bits per heavy atom. The smallest absolute Gasteiger partial charge is 0.338 e. The number of hydrogen-bond donors (Lipinski definition) is 0. The number of ketones is 1.